The molecule has 1 heterocycles. The number of hydrogen-bond acceptors (Lipinski definition) is 6. The number of carbonyl (C=O) groups excluding carboxylic acids is 1. The van der Waals surface area contributed by atoms with E-state index in [1.165, 1.54) is 18.1 Å². The summed E-state index contributed by atoms with van der Waals surface area (Å²) < 4.78 is 10.8. The normalized spacial score (nSPS) is 13.4. The molecule has 0 aliphatic heterocycles. The van der Waals surface area contributed by atoms with Crippen LogP contribution >= 0.6 is 27.5 Å². The van der Waals surface area contributed by atoms with Crippen LogP contribution in [-0.4, -0.2) is 65.7 Å². The van der Waals surface area contributed by atoms with E-state index in [1.54, 1.807) is 6.07 Å². The number of carbonyl (C=O) groups is 1. The van der Waals surface area contributed by atoms with Crippen LogP contribution in [0.25, 0.3) is 0 Å². The van der Waals surface area contributed by atoms with Gasteiger partial charge in [0.2, 0.25) is 0 Å². The zero-order valence-electron chi connectivity index (χ0n) is 14.3. The summed E-state index contributed by atoms with van der Waals surface area (Å²) in [4.78, 5) is 17.6. The molecule has 9 heteroatoms. The Labute approximate surface area is 161 Å². The first-order valence-corrected chi connectivity index (χ1v) is 9.15. The summed E-state index contributed by atoms with van der Waals surface area (Å²) in [5, 5.41) is 20.3. The van der Waals surface area contributed by atoms with Gasteiger partial charge >= 0.3 is 6.09 Å². The van der Waals surface area contributed by atoms with Crippen LogP contribution < -0.4 is 0 Å². The summed E-state index contributed by atoms with van der Waals surface area (Å²) in [5.74, 6) is 0. The van der Waals surface area contributed by atoms with E-state index >= 15 is 0 Å². The van der Waals surface area contributed by atoms with Gasteiger partial charge in [-0.05, 0) is 40.0 Å². The van der Waals surface area contributed by atoms with Gasteiger partial charge in [0.1, 0.15) is 15.9 Å². The number of aliphatic hydroxyl groups is 2. The first kappa shape index (κ1) is 22.1. The molecule has 1 aromatic heterocycles. The van der Waals surface area contributed by atoms with Crippen LogP contribution in [0.5, 0.6) is 0 Å². The van der Waals surface area contributed by atoms with Crippen molar-refractivity contribution in [1.29, 1.82) is 0 Å². The molecule has 0 saturated heterocycles. The maximum absolute atomic E-state index is 12.4. The average molecular weight is 440 g/mol. The van der Waals surface area contributed by atoms with Crippen molar-refractivity contribution in [2.24, 2.45) is 0 Å². The van der Waals surface area contributed by atoms with E-state index in [-0.39, 0.29) is 31.5 Å². The van der Waals surface area contributed by atoms with Crippen molar-refractivity contribution < 1.29 is 24.5 Å². The highest BCUT2D eigenvalue weighted by Gasteiger charge is 2.32. The molecule has 1 aromatic rings. The Morgan fingerprint density at radius 1 is 1.48 bits per heavy atom. The minimum atomic E-state index is -1.10. The molecule has 0 aliphatic carbocycles. The standard InChI is InChI=1S/C16H24BrClN2O5/c1-3-4-7-25-16(23)20(5-6-21)12(10-24-2)15(22)11-8-13(17)19-14(18)9-11/h8-9,12,15,21-22H,3-7,10H2,1-2H3/t12-,15-/m1/s1. The van der Waals surface area contributed by atoms with Crippen LogP contribution in [0.3, 0.4) is 0 Å². The second kappa shape index (κ2) is 11.6. The smallest absolute Gasteiger partial charge is 0.410 e. The molecule has 0 saturated carbocycles. The fraction of sp³-hybridized carbons (Fsp3) is 0.625. The molecule has 1 amide bonds. The fourth-order valence-electron chi connectivity index (χ4n) is 2.29. The van der Waals surface area contributed by atoms with E-state index in [0.717, 1.165) is 12.8 Å². The molecule has 2 N–H and O–H groups in total. The highest BCUT2D eigenvalue weighted by molar-refractivity contribution is 9.10. The average Bonchev–Trinajstić information content (AvgIpc) is 2.56. The van der Waals surface area contributed by atoms with Crippen LogP contribution in [0.15, 0.2) is 16.7 Å². The van der Waals surface area contributed by atoms with Gasteiger partial charge in [0.15, 0.2) is 0 Å². The number of rotatable bonds is 10. The van der Waals surface area contributed by atoms with Crippen LogP contribution in [-0.2, 0) is 9.47 Å². The number of pyridine rings is 1. The first-order chi connectivity index (χ1) is 11.9. The van der Waals surface area contributed by atoms with E-state index in [2.05, 4.69) is 20.9 Å². The van der Waals surface area contributed by atoms with Crippen molar-refractivity contribution in [2.75, 3.05) is 33.5 Å². The highest BCUT2D eigenvalue weighted by atomic mass is 79.9. The molecule has 7 nitrogen and oxygen atoms in total. The third kappa shape index (κ3) is 7.07. The van der Waals surface area contributed by atoms with Gasteiger partial charge in [0, 0.05) is 13.7 Å². The zero-order valence-corrected chi connectivity index (χ0v) is 16.7. The van der Waals surface area contributed by atoms with Gasteiger partial charge in [0.05, 0.1) is 25.9 Å². The number of amides is 1. The zero-order chi connectivity index (χ0) is 18.8. The maximum atomic E-state index is 12.4. The number of ether oxygens (including phenoxy) is 2. The predicted molar refractivity (Wildman–Crippen MR) is 97.6 cm³/mol. The first-order valence-electron chi connectivity index (χ1n) is 7.98. The number of unbranched alkanes of at least 4 members (excludes halogenated alkanes) is 1. The molecule has 0 aliphatic rings. The van der Waals surface area contributed by atoms with Crippen molar-refractivity contribution in [3.8, 4) is 0 Å². The molecule has 0 bridgehead atoms. The summed E-state index contributed by atoms with van der Waals surface area (Å²) in [5.41, 5.74) is 0.471. The lowest BCUT2D eigenvalue weighted by Gasteiger charge is -2.33. The third-order valence-corrected chi connectivity index (χ3v) is 4.13. The summed E-state index contributed by atoms with van der Waals surface area (Å²) in [6, 6.07) is 2.37. The Bertz CT molecular complexity index is 529. The van der Waals surface area contributed by atoms with Gasteiger partial charge in [-0.25, -0.2) is 9.78 Å². The quantitative estimate of drug-likeness (QED) is 0.430. The van der Waals surface area contributed by atoms with Crippen molar-refractivity contribution in [2.45, 2.75) is 31.9 Å². The number of halogens is 2. The van der Waals surface area contributed by atoms with Gasteiger partial charge in [-0.3, -0.25) is 4.90 Å². The Balaban J connectivity index is 3.03. The van der Waals surface area contributed by atoms with Crippen LogP contribution in [0.2, 0.25) is 5.15 Å². The lowest BCUT2D eigenvalue weighted by molar-refractivity contribution is -0.00710. The molecule has 142 valence electrons. The minimum Gasteiger partial charge on any atom is -0.449 e. The molecule has 2 atom stereocenters. The Kier molecular flexibility index (Phi) is 10.3. The highest BCUT2D eigenvalue weighted by Crippen LogP contribution is 2.26. The molecule has 0 spiro atoms. The number of methoxy groups -OCH3 is 1. The van der Waals surface area contributed by atoms with E-state index < -0.39 is 18.2 Å². The Hall–Kier alpha value is -0.930. The van der Waals surface area contributed by atoms with E-state index in [0.29, 0.717) is 10.2 Å². The molecule has 0 unspecified atom stereocenters. The van der Waals surface area contributed by atoms with Gasteiger partial charge in [-0.2, -0.15) is 0 Å². The van der Waals surface area contributed by atoms with Gasteiger partial charge in [0.25, 0.3) is 0 Å². The molecule has 0 fully saturated rings. The minimum absolute atomic E-state index is 0.00995. The molecule has 25 heavy (non-hydrogen) atoms. The molecule has 1 rings (SSSR count). The summed E-state index contributed by atoms with van der Waals surface area (Å²) in [6.07, 6.45) is -0.0748. The predicted octanol–water partition coefficient (Wildman–Crippen LogP) is 2.78. The fourth-order valence-corrected chi connectivity index (χ4v) is 3.06. The SMILES string of the molecule is CCCCOC(=O)N(CCO)[C@H](COC)[C@H](O)c1cc(Cl)nc(Br)c1. The molecular formula is C16H24BrClN2O5. The van der Waals surface area contributed by atoms with Crippen molar-refractivity contribution in [3.63, 3.8) is 0 Å². The van der Waals surface area contributed by atoms with E-state index in [4.69, 9.17) is 21.1 Å². The second-order valence-electron chi connectivity index (χ2n) is 5.40. The topological polar surface area (TPSA) is 92.1 Å². The second-order valence-corrected chi connectivity index (χ2v) is 6.60. The summed E-state index contributed by atoms with van der Waals surface area (Å²) >= 11 is 9.16. The van der Waals surface area contributed by atoms with Crippen molar-refractivity contribution in [3.05, 3.63) is 27.5 Å². The molecule has 0 aromatic carbocycles. The Morgan fingerprint density at radius 2 is 2.20 bits per heavy atom. The molecule has 0 radical (unpaired) electrons. The number of aromatic nitrogens is 1. The van der Waals surface area contributed by atoms with E-state index in [9.17, 15) is 15.0 Å². The number of hydrogen-bond donors (Lipinski definition) is 2. The van der Waals surface area contributed by atoms with E-state index in [1.807, 2.05) is 6.92 Å². The summed E-state index contributed by atoms with van der Waals surface area (Å²) in [7, 11) is 1.47. The van der Waals surface area contributed by atoms with Crippen LogP contribution in [0, 0.1) is 0 Å². The van der Waals surface area contributed by atoms with Crippen LogP contribution in [0.1, 0.15) is 31.4 Å². The van der Waals surface area contributed by atoms with Crippen LogP contribution in [0.4, 0.5) is 4.79 Å². The van der Waals surface area contributed by atoms with Gasteiger partial charge < -0.3 is 19.7 Å². The van der Waals surface area contributed by atoms with Gasteiger partial charge in [-0.15, -0.1) is 0 Å². The molecular weight excluding hydrogens is 416 g/mol. The lowest BCUT2D eigenvalue weighted by Crippen LogP contribution is -2.48. The number of nitrogens with zero attached hydrogens (tertiary/aromatic N) is 2. The summed E-state index contributed by atoms with van der Waals surface area (Å²) in [6.45, 7) is 2.07. The monoisotopic (exact) mass is 438 g/mol. The Morgan fingerprint density at radius 3 is 2.76 bits per heavy atom. The largest absolute Gasteiger partial charge is 0.449 e. The number of aliphatic hydroxyl groups excluding tert-OH is 2. The van der Waals surface area contributed by atoms with Crippen molar-refractivity contribution in [1.82, 2.24) is 9.88 Å². The van der Waals surface area contributed by atoms with Crippen molar-refractivity contribution >= 4 is 33.6 Å². The third-order valence-electron chi connectivity index (χ3n) is 3.53. The lowest BCUT2D eigenvalue weighted by atomic mass is 10.0. The van der Waals surface area contributed by atoms with Gasteiger partial charge in [-0.1, -0.05) is 24.9 Å². The maximum Gasteiger partial charge on any atom is 0.410 e.